The highest BCUT2D eigenvalue weighted by Gasteiger charge is 2.33. The fourth-order valence-electron chi connectivity index (χ4n) is 2.69. The molecular formula is C19H32N4O. The molecular weight excluding hydrogens is 300 g/mol. The van der Waals surface area contributed by atoms with Crippen molar-refractivity contribution in [3.8, 4) is 5.75 Å². The van der Waals surface area contributed by atoms with E-state index in [1.165, 1.54) is 6.42 Å². The number of ether oxygens (including phenoxy) is 1. The summed E-state index contributed by atoms with van der Waals surface area (Å²) in [5.41, 5.74) is 1.16. The van der Waals surface area contributed by atoms with Crippen molar-refractivity contribution in [1.29, 1.82) is 0 Å². The lowest BCUT2D eigenvalue weighted by Crippen LogP contribution is -2.38. The summed E-state index contributed by atoms with van der Waals surface area (Å²) in [6.45, 7) is 11.1. The van der Waals surface area contributed by atoms with Crippen molar-refractivity contribution in [2.75, 3.05) is 33.3 Å². The summed E-state index contributed by atoms with van der Waals surface area (Å²) in [6, 6.07) is 8.78. The maximum Gasteiger partial charge on any atom is 0.191 e. The average Bonchev–Trinajstić information content (AvgIpc) is 3.31. The molecule has 5 nitrogen and oxygen atoms in total. The van der Waals surface area contributed by atoms with E-state index < -0.39 is 0 Å². The molecule has 5 heteroatoms. The Morgan fingerprint density at radius 3 is 2.62 bits per heavy atom. The fraction of sp³-hybridized carbons (Fsp3) is 0.632. The monoisotopic (exact) mass is 332 g/mol. The number of rotatable bonds is 9. The highest BCUT2D eigenvalue weighted by Crippen LogP contribution is 2.28. The van der Waals surface area contributed by atoms with Gasteiger partial charge in [-0.2, -0.15) is 0 Å². The molecule has 0 aromatic heterocycles. The van der Waals surface area contributed by atoms with Gasteiger partial charge in [-0.15, -0.1) is 0 Å². The van der Waals surface area contributed by atoms with Crippen molar-refractivity contribution in [1.82, 2.24) is 15.5 Å². The van der Waals surface area contributed by atoms with Gasteiger partial charge in [-0.3, -0.25) is 4.99 Å². The van der Waals surface area contributed by atoms with Gasteiger partial charge < -0.3 is 20.3 Å². The fourth-order valence-corrected chi connectivity index (χ4v) is 2.69. The molecule has 1 aliphatic carbocycles. The number of para-hydroxylation sites is 1. The van der Waals surface area contributed by atoms with Gasteiger partial charge in [0, 0.05) is 31.7 Å². The van der Waals surface area contributed by atoms with E-state index in [9.17, 15) is 0 Å². The first-order valence-electron chi connectivity index (χ1n) is 9.08. The van der Waals surface area contributed by atoms with Crippen LogP contribution >= 0.6 is 0 Å². The first-order chi connectivity index (χ1) is 11.7. The zero-order chi connectivity index (χ0) is 17.4. The lowest BCUT2D eigenvalue weighted by Gasteiger charge is -2.19. The van der Waals surface area contributed by atoms with E-state index in [0.29, 0.717) is 19.2 Å². The second-order valence-corrected chi connectivity index (χ2v) is 6.37. The van der Waals surface area contributed by atoms with Crippen molar-refractivity contribution >= 4 is 5.96 Å². The Labute approximate surface area is 146 Å². The molecule has 2 N–H and O–H groups in total. The van der Waals surface area contributed by atoms with Gasteiger partial charge in [0.2, 0.25) is 0 Å². The standard InChI is InChI=1S/C19H32N4O/c1-5-23(6-2)11-12-24-18-10-8-7-9-16(18)14-21-19(20-4)22-17-13-15(17)3/h7-10,15,17H,5-6,11-14H2,1-4H3,(H2,20,21,22). The van der Waals surface area contributed by atoms with Crippen molar-refractivity contribution in [2.24, 2.45) is 10.9 Å². The van der Waals surface area contributed by atoms with E-state index in [1.807, 2.05) is 25.2 Å². The number of aliphatic imine (C=N–C) groups is 1. The van der Waals surface area contributed by atoms with Crippen LogP contribution < -0.4 is 15.4 Å². The van der Waals surface area contributed by atoms with E-state index >= 15 is 0 Å². The molecule has 0 aliphatic heterocycles. The van der Waals surface area contributed by atoms with Crippen LogP contribution in [0.3, 0.4) is 0 Å². The summed E-state index contributed by atoms with van der Waals surface area (Å²) in [5, 5.41) is 6.83. The highest BCUT2D eigenvalue weighted by molar-refractivity contribution is 5.80. The maximum absolute atomic E-state index is 6.01. The Bertz CT molecular complexity index is 528. The van der Waals surface area contributed by atoms with E-state index in [4.69, 9.17) is 4.74 Å². The minimum Gasteiger partial charge on any atom is -0.492 e. The summed E-state index contributed by atoms with van der Waals surface area (Å²) in [4.78, 5) is 6.67. The Kier molecular flexibility index (Phi) is 7.37. The topological polar surface area (TPSA) is 48.9 Å². The Balaban J connectivity index is 1.83. The zero-order valence-corrected chi connectivity index (χ0v) is 15.5. The Hall–Kier alpha value is -1.75. The second-order valence-electron chi connectivity index (χ2n) is 6.37. The average molecular weight is 332 g/mol. The predicted molar refractivity (Wildman–Crippen MR) is 101 cm³/mol. The SMILES string of the molecule is CCN(CC)CCOc1ccccc1CNC(=NC)NC1CC1C. The van der Waals surface area contributed by atoms with Crippen LogP contribution in [0.2, 0.25) is 0 Å². The molecule has 2 unspecified atom stereocenters. The predicted octanol–water partition coefficient (Wildman–Crippen LogP) is 2.48. The van der Waals surface area contributed by atoms with Gasteiger partial charge >= 0.3 is 0 Å². The normalized spacial score (nSPS) is 20.1. The van der Waals surface area contributed by atoms with Gasteiger partial charge in [-0.1, -0.05) is 39.0 Å². The molecule has 0 amide bonds. The molecule has 0 radical (unpaired) electrons. The summed E-state index contributed by atoms with van der Waals surface area (Å²) >= 11 is 0. The van der Waals surface area contributed by atoms with Crippen molar-refractivity contribution in [2.45, 2.75) is 39.8 Å². The van der Waals surface area contributed by atoms with Gasteiger partial charge in [0.05, 0.1) is 0 Å². The van der Waals surface area contributed by atoms with Crippen LogP contribution in [0.4, 0.5) is 0 Å². The van der Waals surface area contributed by atoms with Gasteiger partial charge in [0.1, 0.15) is 12.4 Å². The van der Waals surface area contributed by atoms with E-state index in [-0.39, 0.29) is 0 Å². The molecule has 24 heavy (non-hydrogen) atoms. The van der Waals surface area contributed by atoms with Crippen LogP contribution in [0.25, 0.3) is 0 Å². The van der Waals surface area contributed by atoms with Crippen LogP contribution in [-0.4, -0.2) is 50.2 Å². The van der Waals surface area contributed by atoms with Crippen molar-refractivity contribution < 1.29 is 4.74 Å². The molecule has 0 spiro atoms. The van der Waals surface area contributed by atoms with Gasteiger partial charge in [-0.25, -0.2) is 0 Å². The molecule has 2 rings (SSSR count). The molecule has 2 atom stereocenters. The number of hydrogen-bond donors (Lipinski definition) is 2. The molecule has 0 heterocycles. The van der Waals surface area contributed by atoms with E-state index in [2.05, 4.69) is 47.4 Å². The van der Waals surface area contributed by atoms with Crippen LogP contribution in [-0.2, 0) is 6.54 Å². The second kappa shape index (κ2) is 9.52. The minimum absolute atomic E-state index is 0.566. The summed E-state index contributed by atoms with van der Waals surface area (Å²) < 4.78 is 6.01. The summed E-state index contributed by atoms with van der Waals surface area (Å²) in [5.74, 6) is 2.56. The lowest BCUT2D eigenvalue weighted by atomic mass is 10.2. The molecule has 134 valence electrons. The summed E-state index contributed by atoms with van der Waals surface area (Å²) in [7, 11) is 1.81. The third kappa shape index (κ3) is 5.71. The molecule has 0 bridgehead atoms. The van der Waals surface area contributed by atoms with Crippen LogP contribution in [0.5, 0.6) is 5.75 Å². The number of likely N-dealkylation sites (N-methyl/N-ethyl adjacent to an activating group) is 1. The molecule has 1 aliphatic rings. The van der Waals surface area contributed by atoms with E-state index in [0.717, 1.165) is 42.8 Å². The third-order valence-electron chi connectivity index (χ3n) is 4.63. The molecule has 1 aromatic rings. The smallest absolute Gasteiger partial charge is 0.191 e. The molecule has 1 saturated carbocycles. The Morgan fingerprint density at radius 1 is 1.29 bits per heavy atom. The first kappa shape index (κ1) is 18.6. The number of benzene rings is 1. The number of nitrogens with zero attached hydrogens (tertiary/aromatic N) is 2. The number of nitrogens with one attached hydrogen (secondary N) is 2. The van der Waals surface area contributed by atoms with Crippen molar-refractivity contribution in [3.05, 3.63) is 29.8 Å². The Morgan fingerprint density at radius 2 is 2.00 bits per heavy atom. The molecule has 0 saturated heterocycles. The van der Waals surface area contributed by atoms with Crippen molar-refractivity contribution in [3.63, 3.8) is 0 Å². The van der Waals surface area contributed by atoms with Gasteiger partial charge in [0.25, 0.3) is 0 Å². The molecule has 1 aromatic carbocycles. The van der Waals surface area contributed by atoms with Gasteiger partial charge in [-0.05, 0) is 31.5 Å². The molecule has 1 fully saturated rings. The quantitative estimate of drug-likeness (QED) is 0.539. The highest BCUT2D eigenvalue weighted by atomic mass is 16.5. The lowest BCUT2D eigenvalue weighted by molar-refractivity contribution is 0.221. The van der Waals surface area contributed by atoms with Crippen LogP contribution in [0.1, 0.15) is 32.8 Å². The third-order valence-corrected chi connectivity index (χ3v) is 4.63. The maximum atomic E-state index is 6.01. The zero-order valence-electron chi connectivity index (χ0n) is 15.5. The minimum atomic E-state index is 0.566. The first-order valence-corrected chi connectivity index (χ1v) is 9.08. The summed E-state index contributed by atoms with van der Waals surface area (Å²) in [6.07, 6.45) is 1.23. The van der Waals surface area contributed by atoms with Crippen LogP contribution in [0.15, 0.2) is 29.3 Å². The van der Waals surface area contributed by atoms with Gasteiger partial charge in [0.15, 0.2) is 5.96 Å². The van der Waals surface area contributed by atoms with E-state index in [1.54, 1.807) is 0 Å². The van der Waals surface area contributed by atoms with Crippen LogP contribution in [0, 0.1) is 5.92 Å². The number of guanidine groups is 1. The largest absolute Gasteiger partial charge is 0.492 e. The number of hydrogen-bond acceptors (Lipinski definition) is 3.